The van der Waals surface area contributed by atoms with Gasteiger partial charge in [-0.25, -0.2) is 18.7 Å². The molecule has 0 bridgehead atoms. The molecule has 0 saturated carbocycles. The number of nitrogens with zero attached hydrogens (tertiary/aromatic N) is 3. The number of amides is 1. The first-order chi connectivity index (χ1) is 9.49. The van der Waals surface area contributed by atoms with Gasteiger partial charge in [0.25, 0.3) is 12.3 Å². The zero-order chi connectivity index (χ0) is 14.7. The molecule has 0 atom stereocenters. The highest BCUT2D eigenvalue weighted by Crippen LogP contribution is 2.25. The molecule has 2 aromatic heterocycles. The Hall–Kier alpha value is -1.73. The van der Waals surface area contributed by atoms with Gasteiger partial charge in [0.1, 0.15) is 17.0 Å². The molecule has 0 spiro atoms. The van der Waals surface area contributed by atoms with E-state index in [1.165, 1.54) is 18.3 Å². The molecule has 0 saturated heterocycles. The molecular weight excluding hydrogens is 313 g/mol. The van der Waals surface area contributed by atoms with E-state index in [4.69, 9.17) is 23.2 Å². The van der Waals surface area contributed by atoms with Crippen LogP contribution >= 0.6 is 23.2 Å². The molecule has 0 aliphatic rings. The third kappa shape index (κ3) is 3.23. The zero-order valence-electron chi connectivity index (χ0n) is 9.86. The van der Waals surface area contributed by atoms with Crippen LogP contribution in [0.3, 0.4) is 0 Å². The van der Waals surface area contributed by atoms with Gasteiger partial charge in [-0.2, -0.15) is 0 Å². The van der Waals surface area contributed by atoms with Crippen molar-refractivity contribution in [1.29, 1.82) is 0 Å². The monoisotopic (exact) mass is 320 g/mol. The van der Waals surface area contributed by atoms with E-state index < -0.39 is 18.9 Å². The van der Waals surface area contributed by atoms with Gasteiger partial charge >= 0.3 is 0 Å². The first kappa shape index (κ1) is 14.7. The number of rotatable bonds is 4. The van der Waals surface area contributed by atoms with E-state index in [0.717, 1.165) is 10.9 Å². The summed E-state index contributed by atoms with van der Waals surface area (Å²) in [6.45, 7) is -0.575. The molecule has 0 aliphatic heterocycles. The van der Waals surface area contributed by atoms with E-state index in [2.05, 4.69) is 15.3 Å². The molecule has 2 aromatic rings. The van der Waals surface area contributed by atoms with E-state index in [0.29, 0.717) is 0 Å². The highest BCUT2D eigenvalue weighted by Gasteiger charge is 2.16. The van der Waals surface area contributed by atoms with Crippen LogP contribution < -0.4 is 5.32 Å². The second kappa shape index (κ2) is 6.15. The average molecular weight is 321 g/mol. The lowest BCUT2D eigenvalue weighted by molar-refractivity contribution is 0.0997. The predicted octanol–water partition coefficient (Wildman–Crippen LogP) is 3.10. The fourth-order valence-electron chi connectivity index (χ4n) is 1.54. The van der Waals surface area contributed by atoms with Crippen molar-refractivity contribution in [2.24, 2.45) is 0 Å². The van der Waals surface area contributed by atoms with Crippen LogP contribution in [0.25, 0.3) is 0 Å². The summed E-state index contributed by atoms with van der Waals surface area (Å²) < 4.78 is 25.9. The molecule has 0 fully saturated rings. The van der Waals surface area contributed by atoms with Gasteiger partial charge in [0.2, 0.25) is 0 Å². The van der Waals surface area contributed by atoms with Crippen molar-refractivity contribution in [3.05, 3.63) is 40.5 Å². The maximum atomic E-state index is 12.4. The van der Waals surface area contributed by atoms with Crippen LogP contribution in [0.5, 0.6) is 0 Å². The predicted molar refractivity (Wildman–Crippen MR) is 70.4 cm³/mol. The molecule has 0 aliphatic carbocycles. The normalized spacial score (nSPS) is 10.8. The van der Waals surface area contributed by atoms with Crippen LogP contribution in [0.4, 0.5) is 14.6 Å². The van der Waals surface area contributed by atoms with Crippen molar-refractivity contribution in [1.82, 2.24) is 14.5 Å². The molecule has 1 amide bonds. The van der Waals surface area contributed by atoms with Gasteiger partial charge in [0.15, 0.2) is 11.0 Å². The molecule has 20 heavy (non-hydrogen) atoms. The van der Waals surface area contributed by atoms with Crippen molar-refractivity contribution in [2.75, 3.05) is 5.32 Å². The van der Waals surface area contributed by atoms with Crippen molar-refractivity contribution in [2.45, 2.75) is 13.0 Å². The smallest absolute Gasteiger partial charge is 0.273 e. The van der Waals surface area contributed by atoms with Crippen LogP contribution in [-0.4, -0.2) is 26.9 Å². The first-order valence-corrected chi connectivity index (χ1v) is 6.15. The summed E-state index contributed by atoms with van der Waals surface area (Å²) in [5.41, 5.74) is 0.0658. The van der Waals surface area contributed by atoms with Gasteiger partial charge in [0.05, 0.1) is 6.54 Å². The number of halogens is 4. The lowest BCUT2D eigenvalue weighted by atomic mass is 10.4. The SMILES string of the molecule is O=C(Nc1ncnc(Cl)c1Cl)c1cccn1CC(F)F. The van der Waals surface area contributed by atoms with Crippen LogP contribution in [0, 0.1) is 0 Å². The minimum absolute atomic E-state index is 0.0140. The summed E-state index contributed by atoms with van der Waals surface area (Å²) in [6.07, 6.45) is -0.0523. The van der Waals surface area contributed by atoms with Gasteiger partial charge < -0.3 is 9.88 Å². The van der Waals surface area contributed by atoms with E-state index in [9.17, 15) is 13.6 Å². The highest BCUT2D eigenvalue weighted by molar-refractivity contribution is 6.43. The lowest BCUT2D eigenvalue weighted by Gasteiger charge is -2.09. The zero-order valence-corrected chi connectivity index (χ0v) is 11.4. The lowest BCUT2D eigenvalue weighted by Crippen LogP contribution is -2.19. The fourth-order valence-corrected chi connectivity index (χ4v) is 1.81. The number of hydrogen-bond acceptors (Lipinski definition) is 3. The summed E-state index contributed by atoms with van der Waals surface area (Å²) in [6, 6.07) is 2.90. The largest absolute Gasteiger partial charge is 0.338 e. The Kier molecular flexibility index (Phi) is 4.51. The first-order valence-electron chi connectivity index (χ1n) is 5.39. The summed E-state index contributed by atoms with van der Waals surface area (Å²) in [4.78, 5) is 19.4. The minimum atomic E-state index is -2.56. The molecule has 2 rings (SSSR count). The summed E-state index contributed by atoms with van der Waals surface area (Å²) in [5.74, 6) is -0.603. The van der Waals surface area contributed by atoms with E-state index >= 15 is 0 Å². The van der Waals surface area contributed by atoms with Crippen molar-refractivity contribution in [3.63, 3.8) is 0 Å². The number of alkyl halides is 2. The molecule has 5 nitrogen and oxygen atoms in total. The van der Waals surface area contributed by atoms with Gasteiger partial charge in [-0.3, -0.25) is 4.79 Å². The molecule has 0 radical (unpaired) electrons. The quantitative estimate of drug-likeness (QED) is 0.880. The Labute approximate surface area is 122 Å². The van der Waals surface area contributed by atoms with E-state index in [1.807, 2.05) is 0 Å². The summed E-state index contributed by atoms with van der Waals surface area (Å²) in [7, 11) is 0. The number of carbonyl (C=O) groups is 1. The van der Waals surface area contributed by atoms with Gasteiger partial charge in [0, 0.05) is 6.20 Å². The summed E-state index contributed by atoms with van der Waals surface area (Å²) >= 11 is 11.5. The number of hydrogen-bond donors (Lipinski definition) is 1. The van der Waals surface area contributed by atoms with Crippen molar-refractivity contribution < 1.29 is 13.6 Å². The molecule has 9 heteroatoms. The second-order valence-corrected chi connectivity index (χ2v) is 4.45. The van der Waals surface area contributed by atoms with Gasteiger partial charge in [-0.15, -0.1) is 0 Å². The van der Waals surface area contributed by atoms with Crippen LogP contribution in [-0.2, 0) is 6.54 Å². The van der Waals surface area contributed by atoms with Crippen LogP contribution in [0.1, 0.15) is 10.5 Å². The Morgan fingerprint density at radius 1 is 1.40 bits per heavy atom. The topological polar surface area (TPSA) is 59.8 Å². The third-order valence-corrected chi connectivity index (χ3v) is 3.12. The number of carbonyl (C=O) groups excluding carboxylic acids is 1. The standard InChI is InChI=1S/C11H8Cl2F2N4O/c12-8-9(13)16-5-17-10(8)18-11(20)6-2-1-3-19(6)4-7(14)15/h1-3,5,7H,4H2,(H,16,17,18,20). The van der Waals surface area contributed by atoms with Crippen molar-refractivity contribution in [3.8, 4) is 0 Å². The molecular formula is C11H8Cl2F2N4O. The maximum Gasteiger partial charge on any atom is 0.273 e. The van der Waals surface area contributed by atoms with E-state index in [1.54, 1.807) is 0 Å². The summed E-state index contributed by atoms with van der Waals surface area (Å²) in [5, 5.41) is 2.36. The Balaban J connectivity index is 2.20. The number of nitrogens with one attached hydrogen (secondary N) is 1. The molecule has 0 aromatic carbocycles. The molecule has 0 unspecified atom stereocenters. The molecule has 2 heterocycles. The Morgan fingerprint density at radius 2 is 2.15 bits per heavy atom. The fraction of sp³-hybridized carbons (Fsp3) is 0.182. The van der Waals surface area contributed by atoms with Crippen molar-refractivity contribution >= 4 is 34.9 Å². The second-order valence-electron chi connectivity index (χ2n) is 3.72. The van der Waals surface area contributed by atoms with Gasteiger partial charge in [-0.1, -0.05) is 23.2 Å². The molecule has 1 N–H and O–H groups in total. The maximum absolute atomic E-state index is 12.4. The highest BCUT2D eigenvalue weighted by atomic mass is 35.5. The molecule has 106 valence electrons. The van der Waals surface area contributed by atoms with Crippen LogP contribution in [0.15, 0.2) is 24.7 Å². The van der Waals surface area contributed by atoms with Crippen LogP contribution in [0.2, 0.25) is 10.2 Å². The average Bonchev–Trinajstić information content (AvgIpc) is 2.82. The Bertz CT molecular complexity index is 633. The third-order valence-electron chi connectivity index (χ3n) is 2.38. The minimum Gasteiger partial charge on any atom is -0.338 e. The van der Waals surface area contributed by atoms with E-state index in [-0.39, 0.29) is 21.7 Å². The number of aromatic nitrogens is 3. The van der Waals surface area contributed by atoms with Gasteiger partial charge in [-0.05, 0) is 12.1 Å². The number of anilines is 1. The Morgan fingerprint density at radius 3 is 2.85 bits per heavy atom.